The Kier molecular flexibility index (Phi) is 4.45. The van der Waals surface area contributed by atoms with Crippen molar-refractivity contribution in [1.82, 2.24) is 4.90 Å². The Balaban J connectivity index is 1.62. The number of aliphatic carboxylic acids is 1. The fourth-order valence-electron chi connectivity index (χ4n) is 4.22. The molecule has 1 atom stereocenters. The lowest BCUT2D eigenvalue weighted by Gasteiger charge is -2.43. The van der Waals surface area contributed by atoms with E-state index in [4.69, 9.17) is 5.11 Å². The van der Waals surface area contributed by atoms with E-state index in [0.717, 1.165) is 39.0 Å². The van der Waals surface area contributed by atoms with Crippen LogP contribution in [0.4, 0.5) is 5.69 Å². The first-order valence-corrected chi connectivity index (χ1v) is 9.09. The van der Waals surface area contributed by atoms with Gasteiger partial charge in [-0.3, -0.25) is 9.69 Å². The summed E-state index contributed by atoms with van der Waals surface area (Å²) in [5, 5.41) is 8.88. The van der Waals surface area contributed by atoms with E-state index in [1.54, 1.807) is 0 Å². The standard InChI is InChI=1S/C21H24N2O2/c24-21(25)10-5-11-22-12-13-23-19-9-4-2-7-17(19)14-16-6-1-3-8-18(16)20(23)15-22/h1-4,6-9,20H,5,10-15H2,(H,24,25)/t20-/m1/s1. The second kappa shape index (κ2) is 6.89. The molecular weight excluding hydrogens is 312 g/mol. The molecule has 25 heavy (non-hydrogen) atoms. The fourth-order valence-corrected chi connectivity index (χ4v) is 4.22. The number of hydrogen-bond donors (Lipinski definition) is 1. The summed E-state index contributed by atoms with van der Waals surface area (Å²) in [6, 6.07) is 17.9. The van der Waals surface area contributed by atoms with Crippen LogP contribution in [-0.4, -0.2) is 42.2 Å². The third-order valence-corrected chi connectivity index (χ3v) is 5.43. The summed E-state index contributed by atoms with van der Waals surface area (Å²) in [6.45, 7) is 3.81. The minimum Gasteiger partial charge on any atom is -0.481 e. The number of anilines is 1. The van der Waals surface area contributed by atoms with Gasteiger partial charge < -0.3 is 10.0 Å². The van der Waals surface area contributed by atoms with Crippen LogP contribution in [0.3, 0.4) is 0 Å². The van der Waals surface area contributed by atoms with Crippen molar-refractivity contribution in [1.29, 1.82) is 0 Å². The monoisotopic (exact) mass is 336 g/mol. The van der Waals surface area contributed by atoms with Gasteiger partial charge in [0, 0.05) is 31.7 Å². The first kappa shape index (κ1) is 16.2. The van der Waals surface area contributed by atoms with Crippen molar-refractivity contribution in [3.05, 3.63) is 65.2 Å². The lowest BCUT2D eigenvalue weighted by Crippen LogP contribution is -2.48. The third kappa shape index (κ3) is 3.27. The average Bonchev–Trinajstić information content (AvgIpc) is 2.76. The van der Waals surface area contributed by atoms with Gasteiger partial charge in [-0.25, -0.2) is 0 Å². The molecular formula is C21H24N2O2. The molecule has 2 aromatic rings. The number of carbonyl (C=O) groups is 1. The molecule has 0 spiro atoms. The van der Waals surface area contributed by atoms with E-state index in [2.05, 4.69) is 58.3 Å². The molecule has 0 unspecified atom stereocenters. The van der Waals surface area contributed by atoms with Gasteiger partial charge in [-0.1, -0.05) is 42.5 Å². The maximum Gasteiger partial charge on any atom is 0.303 e. The van der Waals surface area contributed by atoms with Gasteiger partial charge in [0.25, 0.3) is 0 Å². The molecule has 1 N–H and O–H groups in total. The van der Waals surface area contributed by atoms with Gasteiger partial charge in [-0.05, 0) is 42.1 Å². The van der Waals surface area contributed by atoms with Crippen molar-refractivity contribution in [2.24, 2.45) is 0 Å². The van der Waals surface area contributed by atoms with Gasteiger partial charge in [0.05, 0.1) is 6.04 Å². The molecule has 4 nitrogen and oxygen atoms in total. The SMILES string of the molecule is O=C(O)CCCN1CCN2c3ccccc3Cc3ccccc3[C@H]2C1. The van der Waals surface area contributed by atoms with Crippen molar-refractivity contribution in [3.8, 4) is 0 Å². The maximum absolute atomic E-state index is 10.8. The Hall–Kier alpha value is -2.33. The van der Waals surface area contributed by atoms with Gasteiger partial charge >= 0.3 is 5.97 Å². The number of benzene rings is 2. The van der Waals surface area contributed by atoms with Crippen molar-refractivity contribution in [2.45, 2.75) is 25.3 Å². The number of piperazine rings is 1. The zero-order valence-corrected chi connectivity index (χ0v) is 14.4. The predicted molar refractivity (Wildman–Crippen MR) is 99.1 cm³/mol. The first-order chi connectivity index (χ1) is 12.2. The summed E-state index contributed by atoms with van der Waals surface area (Å²) in [5.41, 5.74) is 5.59. The molecule has 0 bridgehead atoms. The molecule has 2 aliphatic heterocycles. The van der Waals surface area contributed by atoms with E-state index in [-0.39, 0.29) is 6.42 Å². The molecule has 0 amide bonds. The molecule has 130 valence electrons. The van der Waals surface area contributed by atoms with Crippen molar-refractivity contribution < 1.29 is 9.90 Å². The third-order valence-electron chi connectivity index (χ3n) is 5.43. The summed E-state index contributed by atoms with van der Waals surface area (Å²) >= 11 is 0. The van der Waals surface area contributed by atoms with Crippen molar-refractivity contribution >= 4 is 11.7 Å². The molecule has 0 aromatic heterocycles. The minimum absolute atomic E-state index is 0.254. The number of para-hydroxylation sites is 1. The van der Waals surface area contributed by atoms with Crippen LogP contribution in [0.2, 0.25) is 0 Å². The highest BCUT2D eigenvalue weighted by Crippen LogP contribution is 2.39. The molecule has 0 radical (unpaired) electrons. The Morgan fingerprint density at radius 2 is 1.80 bits per heavy atom. The van der Waals surface area contributed by atoms with Crippen LogP contribution >= 0.6 is 0 Å². The average molecular weight is 336 g/mol. The van der Waals surface area contributed by atoms with Gasteiger partial charge in [-0.15, -0.1) is 0 Å². The van der Waals surface area contributed by atoms with Gasteiger partial charge in [0.2, 0.25) is 0 Å². The summed E-state index contributed by atoms with van der Waals surface area (Å²) < 4.78 is 0. The van der Waals surface area contributed by atoms with E-state index < -0.39 is 5.97 Å². The van der Waals surface area contributed by atoms with Crippen molar-refractivity contribution in [2.75, 3.05) is 31.1 Å². The van der Waals surface area contributed by atoms with E-state index in [1.807, 2.05) is 0 Å². The first-order valence-electron chi connectivity index (χ1n) is 9.09. The summed E-state index contributed by atoms with van der Waals surface area (Å²) in [6.07, 6.45) is 1.96. The zero-order chi connectivity index (χ0) is 17.2. The van der Waals surface area contributed by atoms with Crippen LogP contribution < -0.4 is 4.90 Å². The topological polar surface area (TPSA) is 43.8 Å². The van der Waals surface area contributed by atoms with Crippen molar-refractivity contribution in [3.63, 3.8) is 0 Å². The van der Waals surface area contributed by atoms with Crippen LogP contribution in [0, 0.1) is 0 Å². The maximum atomic E-state index is 10.8. The Morgan fingerprint density at radius 1 is 1.04 bits per heavy atom. The summed E-state index contributed by atoms with van der Waals surface area (Å²) in [7, 11) is 0. The number of fused-ring (bicyclic) bond motifs is 5. The summed E-state index contributed by atoms with van der Waals surface area (Å²) in [5.74, 6) is -0.702. The van der Waals surface area contributed by atoms with Crippen LogP contribution in [0.25, 0.3) is 0 Å². The molecule has 2 aromatic carbocycles. The minimum atomic E-state index is -0.702. The predicted octanol–water partition coefficient (Wildman–Crippen LogP) is 3.32. The Bertz CT molecular complexity index is 774. The van der Waals surface area contributed by atoms with Gasteiger partial charge in [0.15, 0.2) is 0 Å². The molecule has 0 aliphatic carbocycles. The normalized spacial score (nSPS) is 19.5. The van der Waals surface area contributed by atoms with Gasteiger partial charge in [0.1, 0.15) is 0 Å². The number of carboxylic acid groups (broad SMARTS) is 1. The fraction of sp³-hybridized carbons (Fsp3) is 0.381. The molecule has 4 heteroatoms. The van der Waals surface area contributed by atoms with Gasteiger partial charge in [-0.2, -0.15) is 0 Å². The Labute approximate surface area is 148 Å². The molecule has 0 saturated carbocycles. The lowest BCUT2D eigenvalue weighted by molar-refractivity contribution is -0.137. The molecule has 2 heterocycles. The van der Waals surface area contributed by atoms with E-state index in [9.17, 15) is 4.79 Å². The molecule has 1 saturated heterocycles. The number of hydrogen-bond acceptors (Lipinski definition) is 3. The number of nitrogens with zero attached hydrogens (tertiary/aromatic N) is 2. The second-order valence-corrected chi connectivity index (χ2v) is 7.01. The highest BCUT2D eigenvalue weighted by Gasteiger charge is 2.32. The molecule has 2 aliphatic rings. The van der Waals surface area contributed by atoms with Crippen LogP contribution in [0.15, 0.2) is 48.5 Å². The van der Waals surface area contributed by atoms with E-state index in [1.165, 1.54) is 22.4 Å². The second-order valence-electron chi connectivity index (χ2n) is 7.01. The number of rotatable bonds is 4. The smallest absolute Gasteiger partial charge is 0.303 e. The van der Waals surface area contributed by atoms with Crippen LogP contribution in [-0.2, 0) is 11.2 Å². The number of carboxylic acids is 1. The highest BCUT2D eigenvalue weighted by molar-refractivity contribution is 5.66. The van der Waals surface area contributed by atoms with E-state index in [0.29, 0.717) is 6.04 Å². The van der Waals surface area contributed by atoms with Crippen LogP contribution in [0.1, 0.15) is 35.6 Å². The quantitative estimate of drug-likeness (QED) is 0.930. The lowest BCUT2D eigenvalue weighted by atomic mass is 9.96. The zero-order valence-electron chi connectivity index (χ0n) is 14.4. The highest BCUT2D eigenvalue weighted by atomic mass is 16.4. The molecule has 4 rings (SSSR count). The summed E-state index contributed by atoms with van der Waals surface area (Å²) in [4.78, 5) is 15.8. The van der Waals surface area contributed by atoms with Crippen LogP contribution in [0.5, 0.6) is 0 Å². The Morgan fingerprint density at radius 3 is 2.64 bits per heavy atom. The molecule has 1 fully saturated rings. The largest absolute Gasteiger partial charge is 0.481 e. The van der Waals surface area contributed by atoms with E-state index >= 15 is 0 Å².